The van der Waals surface area contributed by atoms with E-state index < -0.39 is 51.0 Å². The van der Waals surface area contributed by atoms with Crippen LogP contribution in [0.5, 0.6) is 0 Å². The number of ether oxygens (including phenoxy) is 1. The van der Waals surface area contributed by atoms with Crippen molar-refractivity contribution in [1.29, 1.82) is 0 Å². The highest BCUT2D eigenvalue weighted by Crippen LogP contribution is 2.14. The normalized spacial score (nSPS) is 12.7. The molecular formula is C11H11F2NO6S. The van der Waals surface area contributed by atoms with Crippen LogP contribution < -0.4 is 4.72 Å². The molecule has 0 unspecified atom stereocenters. The van der Waals surface area contributed by atoms with Crippen molar-refractivity contribution in [3.8, 4) is 0 Å². The van der Waals surface area contributed by atoms with Gasteiger partial charge in [0.25, 0.3) is 0 Å². The van der Waals surface area contributed by atoms with Crippen molar-refractivity contribution in [2.45, 2.75) is 17.4 Å². The molecule has 10 heteroatoms. The summed E-state index contributed by atoms with van der Waals surface area (Å²) < 4.78 is 55.6. The van der Waals surface area contributed by atoms with E-state index in [4.69, 9.17) is 5.11 Å². The number of nitrogens with one attached hydrogen (secondary N) is 1. The predicted molar refractivity (Wildman–Crippen MR) is 64.7 cm³/mol. The molecule has 0 aromatic heterocycles. The number of carbonyl (C=O) groups is 2. The van der Waals surface area contributed by atoms with Gasteiger partial charge in [-0.25, -0.2) is 17.2 Å². The van der Waals surface area contributed by atoms with Crippen molar-refractivity contribution in [3.05, 3.63) is 29.8 Å². The quantitative estimate of drug-likeness (QED) is 0.727. The van der Waals surface area contributed by atoms with E-state index in [1.54, 1.807) is 4.72 Å². The van der Waals surface area contributed by atoms with Gasteiger partial charge < -0.3 is 9.84 Å². The maximum atomic E-state index is 13.0. The second-order valence-corrected chi connectivity index (χ2v) is 5.61. The zero-order chi connectivity index (χ0) is 16.2. The number of esters is 1. The molecule has 21 heavy (non-hydrogen) atoms. The number of methoxy groups -OCH3 is 1. The van der Waals surface area contributed by atoms with E-state index in [9.17, 15) is 26.8 Å². The lowest BCUT2D eigenvalue weighted by molar-refractivity contribution is -0.147. The van der Waals surface area contributed by atoms with E-state index in [-0.39, 0.29) is 0 Å². The number of aliphatic carboxylic acids is 1. The number of sulfonamides is 1. The van der Waals surface area contributed by atoms with E-state index in [0.717, 1.165) is 7.11 Å². The predicted octanol–water partition coefficient (Wildman–Crippen LogP) is 0.259. The zero-order valence-electron chi connectivity index (χ0n) is 10.7. The average Bonchev–Trinajstić information content (AvgIpc) is 2.36. The molecule has 0 saturated carbocycles. The Morgan fingerprint density at radius 2 is 1.81 bits per heavy atom. The number of benzene rings is 1. The number of carboxylic acids is 1. The Kier molecular flexibility index (Phi) is 5.33. The number of carbonyl (C=O) groups excluding carboxylic acids is 1. The summed E-state index contributed by atoms with van der Waals surface area (Å²) in [4.78, 5) is 21.1. The zero-order valence-corrected chi connectivity index (χ0v) is 11.5. The van der Waals surface area contributed by atoms with Crippen LogP contribution in [0, 0.1) is 11.6 Å². The summed E-state index contributed by atoms with van der Waals surface area (Å²) in [7, 11) is -3.52. The van der Waals surface area contributed by atoms with Crippen LogP contribution in [0.2, 0.25) is 0 Å². The molecule has 1 aromatic rings. The summed E-state index contributed by atoms with van der Waals surface area (Å²) in [6.45, 7) is 0. The molecule has 0 amide bonds. The molecule has 116 valence electrons. The van der Waals surface area contributed by atoms with Crippen molar-refractivity contribution >= 4 is 22.0 Å². The SMILES string of the molecule is COC(=O)C[C@H](NS(=O)(=O)c1cc(F)cc(F)c1)C(=O)O. The third kappa shape index (κ3) is 4.76. The van der Waals surface area contributed by atoms with E-state index in [1.165, 1.54) is 0 Å². The molecule has 0 radical (unpaired) electrons. The Morgan fingerprint density at radius 3 is 2.24 bits per heavy atom. The lowest BCUT2D eigenvalue weighted by Gasteiger charge is -2.13. The molecule has 2 N–H and O–H groups in total. The Bertz CT molecular complexity index is 640. The summed E-state index contributed by atoms with van der Waals surface area (Å²) in [5, 5.41) is 8.85. The monoisotopic (exact) mass is 323 g/mol. The maximum Gasteiger partial charge on any atom is 0.322 e. The van der Waals surface area contributed by atoms with Gasteiger partial charge in [-0.15, -0.1) is 0 Å². The fourth-order valence-electron chi connectivity index (χ4n) is 1.37. The number of hydrogen-bond acceptors (Lipinski definition) is 5. The molecule has 0 aliphatic rings. The fraction of sp³-hybridized carbons (Fsp3) is 0.273. The van der Waals surface area contributed by atoms with Crippen molar-refractivity contribution in [1.82, 2.24) is 4.72 Å². The molecule has 0 bridgehead atoms. The Morgan fingerprint density at radius 1 is 1.29 bits per heavy atom. The first-order valence-corrected chi connectivity index (χ1v) is 6.92. The van der Waals surface area contributed by atoms with Gasteiger partial charge in [0, 0.05) is 6.07 Å². The van der Waals surface area contributed by atoms with Gasteiger partial charge in [0.05, 0.1) is 18.4 Å². The number of hydrogen-bond donors (Lipinski definition) is 2. The number of halogens is 2. The lowest BCUT2D eigenvalue weighted by Crippen LogP contribution is -2.42. The fourth-order valence-corrected chi connectivity index (χ4v) is 2.60. The van der Waals surface area contributed by atoms with Gasteiger partial charge in [0.15, 0.2) is 0 Å². The smallest absolute Gasteiger partial charge is 0.322 e. The molecule has 7 nitrogen and oxygen atoms in total. The van der Waals surface area contributed by atoms with Crippen molar-refractivity contribution in [2.75, 3.05) is 7.11 Å². The molecule has 0 saturated heterocycles. The van der Waals surface area contributed by atoms with E-state index in [0.29, 0.717) is 18.2 Å². The number of carboxylic acid groups (broad SMARTS) is 1. The van der Waals surface area contributed by atoms with Crippen LogP contribution in [0.4, 0.5) is 8.78 Å². The first kappa shape index (κ1) is 17.0. The minimum absolute atomic E-state index is 0.460. The molecule has 0 aliphatic heterocycles. The topological polar surface area (TPSA) is 110 Å². The summed E-state index contributed by atoms with van der Waals surface area (Å²) in [5.74, 6) is -4.89. The summed E-state index contributed by atoms with van der Waals surface area (Å²) in [6.07, 6.45) is -0.775. The van der Waals surface area contributed by atoms with E-state index in [2.05, 4.69) is 4.74 Å². The van der Waals surface area contributed by atoms with Crippen molar-refractivity contribution in [2.24, 2.45) is 0 Å². The van der Waals surface area contributed by atoms with Crippen LogP contribution in [0.1, 0.15) is 6.42 Å². The number of rotatable bonds is 6. The summed E-state index contributed by atoms with van der Waals surface area (Å²) in [6, 6.07) is -0.332. The average molecular weight is 323 g/mol. The maximum absolute atomic E-state index is 13.0. The second-order valence-electron chi connectivity index (χ2n) is 3.90. The van der Waals surface area contributed by atoms with Gasteiger partial charge >= 0.3 is 11.9 Å². The standard InChI is InChI=1S/C11H11F2NO6S/c1-20-10(15)5-9(11(16)17)14-21(18,19)8-3-6(12)2-7(13)4-8/h2-4,9,14H,5H2,1H3,(H,16,17)/t9-/m0/s1. The molecule has 0 spiro atoms. The van der Waals surface area contributed by atoms with Gasteiger partial charge in [-0.2, -0.15) is 4.72 Å². The molecule has 0 aliphatic carbocycles. The van der Waals surface area contributed by atoms with Gasteiger partial charge in [-0.3, -0.25) is 9.59 Å². The largest absolute Gasteiger partial charge is 0.480 e. The molecule has 1 rings (SSSR count). The first-order valence-electron chi connectivity index (χ1n) is 5.43. The molecule has 0 fully saturated rings. The van der Waals surface area contributed by atoms with Crippen LogP contribution in [-0.4, -0.2) is 38.6 Å². The highest BCUT2D eigenvalue weighted by atomic mass is 32.2. The summed E-state index contributed by atoms with van der Waals surface area (Å²) >= 11 is 0. The van der Waals surface area contributed by atoms with Gasteiger partial charge in [0.1, 0.15) is 17.7 Å². The molecule has 1 aromatic carbocycles. The van der Waals surface area contributed by atoms with Crippen LogP contribution in [-0.2, 0) is 24.3 Å². The minimum atomic E-state index is -4.52. The van der Waals surface area contributed by atoms with Crippen LogP contribution >= 0.6 is 0 Å². The van der Waals surface area contributed by atoms with Crippen LogP contribution in [0.3, 0.4) is 0 Å². The Hall–Kier alpha value is -2.07. The van der Waals surface area contributed by atoms with Gasteiger partial charge in [0.2, 0.25) is 10.0 Å². The van der Waals surface area contributed by atoms with Crippen molar-refractivity contribution in [3.63, 3.8) is 0 Å². The third-order valence-electron chi connectivity index (χ3n) is 2.34. The van der Waals surface area contributed by atoms with Crippen LogP contribution in [0.15, 0.2) is 23.1 Å². The highest BCUT2D eigenvalue weighted by Gasteiger charge is 2.28. The molecule has 0 heterocycles. The van der Waals surface area contributed by atoms with Crippen molar-refractivity contribution < 1.29 is 36.6 Å². The van der Waals surface area contributed by atoms with E-state index in [1.807, 2.05) is 0 Å². The molecule has 1 atom stereocenters. The van der Waals surface area contributed by atoms with E-state index >= 15 is 0 Å². The molecular weight excluding hydrogens is 312 g/mol. The second kappa shape index (κ2) is 6.59. The highest BCUT2D eigenvalue weighted by molar-refractivity contribution is 7.89. The Labute approximate surface area is 118 Å². The van der Waals surface area contributed by atoms with Gasteiger partial charge in [-0.1, -0.05) is 0 Å². The van der Waals surface area contributed by atoms with Crippen LogP contribution in [0.25, 0.3) is 0 Å². The third-order valence-corrected chi connectivity index (χ3v) is 3.79. The Balaban J connectivity index is 3.06. The summed E-state index contributed by atoms with van der Waals surface area (Å²) in [5.41, 5.74) is 0. The lowest BCUT2D eigenvalue weighted by atomic mass is 10.2. The minimum Gasteiger partial charge on any atom is -0.480 e. The van der Waals surface area contributed by atoms with Gasteiger partial charge in [-0.05, 0) is 12.1 Å². The first-order chi connectivity index (χ1) is 9.65.